The van der Waals surface area contributed by atoms with Crippen LogP contribution in [0, 0.1) is 35.5 Å². The first kappa shape index (κ1) is 6.42. The normalized spacial score (nSPS) is 70.2. The van der Waals surface area contributed by atoms with E-state index in [-0.39, 0.29) is 0 Å². The van der Waals surface area contributed by atoms with Crippen LogP contribution < -0.4 is 0 Å². The molecule has 0 N–H and O–H groups in total. The van der Waals surface area contributed by atoms with Crippen LogP contribution >= 0.6 is 0 Å². The van der Waals surface area contributed by atoms with Gasteiger partial charge < -0.3 is 4.74 Å². The molecule has 0 amide bonds. The Morgan fingerprint density at radius 1 is 0.750 bits per heavy atom. The van der Waals surface area contributed by atoms with Gasteiger partial charge in [0.05, 0.1) is 6.10 Å². The number of fused-ring (bicyclic) bond motifs is 5. The summed E-state index contributed by atoms with van der Waals surface area (Å²) < 4.78 is 5.65. The van der Waals surface area contributed by atoms with Crippen molar-refractivity contribution in [3.05, 3.63) is 0 Å². The average Bonchev–Trinajstić information content (AvgIpc) is 2.87. The van der Waals surface area contributed by atoms with Gasteiger partial charge in [0.15, 0.2) is 0 Å². The van der Waals surface area contributed by atoms with Crippen molar-refractivity contribution in [1.82, 2.24) is 0 Å². The van der Waals surface area contributed by atoms with Crippen molar-refractivity contribution in [2.75, 3.05) is 7.11 Å². The number of hydrogen-bond donors (Lipinski definition) is 0. The van der Waals surface area contributed by atoms with Crippen LogP contribution in [0.4, 0.5) is 0 Å². The zero-order chi connectivity index (χ0) is 7.87. The number of rotatable bonds is 1. The molecule has 0 saturated heterocycles. The molecule has 4 aliphatic rings. The predicted octanol–water partition coefficient (Wildman–Crippen LogP) is 1.92. The van der Waals surface area contributed by atoms with Crippen molar-refractivity contribution < 1.29 is 4.74 Å². The summed E-state index contributed by atoms with van der Waals surface area (Å²) in [6.45, 7) is 0. The average molecular weight is 164 g/mol. The summed E-state index contributed by atoms with van der Waals surface area (Å²) in [6.07, 6.45) is 5.26. The minimum atomic E-state index is 0.674. The van der Waals surface area contributed by atoms with Crippen LogP contribution in [0.2, 0.25) is 0 Å². The Kier molecular flexibility index (Phi) is 0.934. The molecule has 0 aromatic carbocycles. The van der Waals surface area contributed by atoms with Gasteiger partial charge in [0.25, 0.3) is 0 Å². The van der Waals surface area contributed by atoms with Gasteiger partial charge in [-0.25, -0.2) is 0 Å². The van der Waals surface area contributed by atoms with E-state index in [1.54, 1.807) is 6.42 Å². The van der Waals surface area contributed by atoms with Gasteiger partial charge in [0.1, 0.15) is 0 Å². The van der Waals surface area contributed by atoms with Crippen molar-refractivity contribution in [3.8, 4) is 0 Å². The topological polar surface area (TPSA) is 9.23 Å². The number of ether oxygens (including phenoxy) is 1. The SMILES string of the molecule is COC1[C@H]2C[C@@H]2[C@@H]2C[C@@H]2[C@H]2C[C@@H]12. The molecule has 4 aliphatic carbocycles. The summed E-state index contributed by atoms with van der Waals surface area (Å²) >= 11 is 0. The first-order chi connectivity index (χ1) is 5.90. The van der Waals surface area contributed by atoms with Crippen molar-refractivity contribution >= 4 is 0 Å². The first-order valence-corrected chi connectivity index (χ1v) is 5.43. The Hall–Kier alpha value is -0.0400. The van der Waals surface area contributed by atoms with Crippen LogP contribution in [0.15, 0.2) is 0 Å². The van der Waals surface area contributed by atoms with Gasteiger partial charge in [-0.15, -0.1) is 0 Å². The lowest BCUT2D eigenvalue weighted by Gasteiger charge is -2.13. The van der Waals surface area contributed by atoms with E-state index in [1.807, 2.05) is 7.11 Å². The minimum Gasteiger partial charge on any atom is -0.381 e. The molecule has 4 saturated carbocycles. The van der Waals surface area contributed by atoms with Crippen molar-refractivity contribution in [1.29, 1.82) is 0 Å². The molecule has 0 bridgehead atoms. The van der Waals surface area contributed by atoms with Gasteiger partial charge >= 0.3 is 0 Å². The van der Waals surface area contributed by atoms with Gasteiger partial charge in [-0.05, 0) is 54.8 Å². The van der Waals surface area contributed by atoms with Crippen LogP contribution in [-0.2, 0) is 4.74 Å². The molecule has 1 heteroatoms. The highest BCUT2D eigenvalue weighted by Crippen LogP contribution is 2.72. The number of methoxy groups -OCH3 is 1. The maximum Gasteiger partial charge on any atom is 0.0633 e. The molecule has 7 atom stereocenters. The van der Waals surface area contributed by atoms with Crippen LogP contribution in [0.5, 0.6) is 0 Å². The van der Waals surface area contributed by atoms with Gasteiger partial charge in [-0.1, -0.05) is 0 Å². The largest absolute Gasteiger partial charge is 0.381 e. The first-order valence-electron chi connectivity index (χ1n) is 5.43. The summed E-state index contributed by atoms with van der Waals surface area (Å²) in [5, 5.41) is 0. The Labute approximate surface area is 73.5 Å². The van der Waals surface area contributed by atoms with E-state index in [0.29, 0.717) is 6.10 Å². The van der Waals surface area contributed by atoms with Gasteiger partial charge in [-0.3, -0.25) is 0 Å². The lowest BCUT2D eigenvalue weighted by Crippen LogP contribution is -2.17. The summed E-state index contributed by atoms with van der Waals surface area (Å²) in [6, 6.07) is 0. The summed E-state index contributed by atoms with van der Waals surface area (Å²) in [7, 11) is 1.92. The predicted molar refractivity (Wildman–Crippen MR) is 45.6 cm³/mol. The monoisotopic (exact) mass is 164 g/mol. The Morgan fingerprint density at radius 3 is 1.67 bits per heavy atom. The fourth-order valence-electron chi connectivity index (χ4n) is 4.10. The van der Waals surface area contributed by atoms with Gasteiger partial charge in [0, 0.05) is 7.11 Å². The Morgan fingerprint density at radius 2 is 1.17 bits per heavy atom. The molecule has 0 spiro atoms. The molecule has 4 rings (SSSR count). The van der Waals surface area contributed by atoms with Crippen LogP contribution in [0.25, 0.3) is 0 Å². The second-order valence-corrected chi connectivity index (χ2v) is 5.39. The molecule has 1 nitrogen and oxygen atoms in total. The van der Waals surface area contributed by atoms with Crippen molar-refractivity contribution in [2.45, 2.75) is 25.4 Å². The van der Waals surface area contributed by atoms with E-state index >= 15 is 0 Å². The zero-order valence-corrected chi connectivity index (χ0v) is 7.57. The lowest BCUT2D eigenvalue weighted by atomic mass is 10.1. The second-order valence-electron chi connectivity index (χ2n) is 5.39. The molecular formula is C11H16O. The van der Waals surface area contributed by atoms with Crippen LogP contribution in [0.1, 0.15) is 19.3 Å². The van der Waals surface area contributed by atoms with Crippen LogP contribution in [-0.4, -0.2) is 13.2 Å². The molecule has 0 aromatic rings. The zero-order valence-electron chi connectivity index (χ0n) is 7.57. The molecule has 0 radical (unpaired) electrons. The smallest absolute Gasteiger partial charge is 0.0633 e. The highest BCUT2D eigenvalue weighted by molar-refractivity contribution is 5.17. The highest BCUT2D eigenvalue weighted by atomic mass is 16.5. The van der Waals surface area contributed by atoms with Crippen molar-refractivity contribution in [2.24, 2.45) is 35.5 Å². The molecule has 0 heterocycles. The molecular weight excluding hydrogens is 148 g/mol. The van der Waals surface area contributed by atoms with E-state index in [0.717, 1.165) is 35.5 Å². The minimum absolute atomic E-state index is 0.674. The molecule has 1 unspecified atom stereocenters. The van der Waals surface area contributed by atoms with E-state index in [9.17, 15) is 0 Å². The molecule has 0 aliphatic heterocycles. The van der Waals surface area contributed by atoms with E-state index in [1.165, 1.54) is 12.8 Å². The molecule has 12 heavy (non-hydrogen) atoms. The summed E-state index contributed by atoms with van der Waals surface area (Å²) in [4.78, 5) is 0. The van der Waals surface area contributed by atoms with Crippen molar-refractivity contribution in [3.63, 3.8) is 0 Å². The third kappa shape index (κ3) is 0.618. The number of hydrogen-bond acceptors (Lipinski definition) is 1. The quantitative estimate of drug-likeness (QED) is 0.575. The molecule has 66 valence electrons. The maximum atomic E-state index is 5.65. The second kappa shape index (κ2) is 1.75. The molecule has 0 aromatic heterocycles. The van der Waals surface area contributed by atoms with E-state index in [2.05, 4.69) is 0 Å². The van der Waals surface area contributed by atoms with E-state index in [4.69, 9.17) is 4.74 Å². The summed E-state index contributed by atoms with van der Waals surface area (Å²) in [5.41, 5.74) is 0. The fourth-order valence-corrected chi connectivity index (χ4v) is 4.10. The third-order valence-corrected chi connectivity index (χ3v) is 4.89. The van der Waals surface area contributed by atoms with E-state index < -0.39 is 0 Å². The lowest BCUT2D eigenvalue weighted by molar-refractivity contribution is 0.0592. The Bertz CT molecular complexity index is 215. The maximum absolute atomic E-state index is 5.65. The summed E-state index contributed by atoms with van der Waals surface area (Å²) in [5.74, 6) is 6.50. The highest BCUT2D eigenvalue weighted by Gasteiger charge is 2.68. The third-order valence-electron chi connectivity index (χ3n) is 4.89. The van der Waals surface area contributed by atoms with Gasteiger partial charge in [-0.2, -0.15) is 0 Å². The Balaban J connectivity index is 1.67. The molecule has 4 fully saturated rings. The van der Waals surface area contributed by atoms with Gasteiger partial charge in [0.2, 0.25) is 0 Å². The fraction of sp³-hybridized carbons (Fsp3) is 1.00. The standard InChI is InChI=1S/C11H16O/c1-12-11-9-3-7(9)5-2-6(5)8-4-10(8)11/h5-11H,2-4H2,1H3/t5-,6+,7-,8-,9+,10-,11?/m1/s1. The van der Waals surface area contributed by atoms with Crippen LogP contribution in [0.3, 0.4) is 0 Å².